The van der Waals surface area contributed by atoms with Gasteiger partial charge in [0, 0.05) is 15.9 Å². The van der Waals surface area contributed by atoms with Crippen LogP contribution < -0.4 is 5.32 Å². The maximum Gasteiger partial charge on any atom is 0.330 e. The highest BCUT2D eigenvalue weighted by Gasteiger charge is 2.36. The van der Waals surface area contributed by atoms with E-state index in [0.717, 1.165) is 10.0 Å². The Labute approximate surface area is 132 Å². The molecular formula is C14H19BrN4O2. The van der Waals surface area contributed by atoms with Crippen molar-refractivity contribution in [3.63, 3.8) is 0 Å². The molecule has 0 saturated carbocycles. The van der Waals surface area contributed by atoms with Crippen LogP contribution in [-0.4, -0.2) is 25.7 Å². The molecule has 1 atom stereocenters. The number of nitrogens with one attached hydrogen (secondary N) is 1. The summed E-state index contributed by atoms with van der Waals surface area (Å²) in [6, 6.07) is 7.52. The zero-order valence-electron chi connectivity index (χ0n) is 12.2. The third-order valence-electron chi connectivity index (χ3n) is 3.08. The predicted molar refractivity (Wildman–Crippen MR) is 84.8 cm³/mol. The number of hydrogen-bond acceptors (Lipinski definition) is 4. The molecule has 0 amide bonds. The van der Waals surface area contributed by atoms with Crippen molar-refractivity contribution in [2.45, 2.75) is 25.8 Å². The van der Waals surface area contributed by atoms with E-state index in [9.17, 15) is 4.79 Å². The molecule has 0 fully saturated rings. The Morgan fingerprint density at radius 1 is 1.48 bits per heavy atom. The smallest absolute Gasteiger partial charge is 0.330 e. The Kier molecular flexibility index (Phi) is 7.22. The minimum Gasteiger partial charge on any atom is -0.464 e. The van der Waals surface area contributed by atoms with Gasteiger partial charge in [0.2, 0.25) is 0 Å². The molecule has 1 aromatic rings. The van der Waals surface area contributed by atoms with Crippen molar-refractivity contribution < 1.29 is 9.53 Å². The second-order valence-electron chi connectivity index (χ2n) is 4.59. The molecule has 1 unspecified atom stereocenters. The number of benzene rings is 1. The topological polar surface area (TPSA) is 87.1 Å². The van der Waals surface area contributed by atoms with Crippen LogP contribution in [0.2, 0.25) is 0 Å². The van der Waals surface area contributed by atoms with Gasteiger partial charge in [-0.25, -0.2) is 4.79 Å². The minimum atomic E-state index is -0.924. The Morgan fingerprint density at radius 2 is 2.14 bits per heavy atom. The molecule has 0 radical (unpaired) electrons. The zero-order chi connectivity index (χ0) is 15.7. The molecule has 0 aliphatic rings. The molecule has 21 heavy (non-hydrogen) atoms. The molecule has 1 N–H and O–H groups in total. The van der Waals surface area contributed by atoms with Gasteiger partial charge in [-0.1, -0.05) is 33.2 Å². The number of rotatable bonds is 8. The predicted octanol–water partition coefficient (Wildman–Crippen LogP) is 3.52. The van der Waals surface area contributed by atoms with Gasteiger partial charge in [-0.15, -0.1) is 0 Å². The summed E-state index contributed by atoms with van der Waals surface area (Å²) in [7, 11) is 0. The van der Waals surface area contributed by atoms with Gasteiger partial charge in [0.05, 0.1) is 6.61 Å². The molecule has 6 nitrogen and oxygen atoms in total. The number of azide groups is 1. The minimum absolute atomic E-state index is 0.323. The fourth-order valence-electron chi connectivity index (χ4n) is 1.88. The fourth-order valence-corrected chi connectivity index (χ4v) is 2.15. The summed E-state index contributed by atoms with van der Waals surface area (Å²) in [6.07, 6.45) is 0.648. The molecule has 0 bridgehead atoms. The molecule has 0 saturated heterocycles. The highest BCUT2D eigenvalue weighted by Crippen LogP contribution is 2.24. The van der Waals surface area contributed by atoms with Crippen LogP contribution in [0.15, 0.2) is 33.9 Å². The quantitative estimate of drug-likeness (QED) is 0.254. The first kappa shape index (κ1) is 17.5. The summed E-state index contributed by atoms with van der Waals surface area (Å²) in [5.74, 6) is -0.323. The number of ether oxygens (including phenoxy) is 1. The van der Waals surface area contributed by atoms with Crippen LogP contribution in [-0.2, 0) is 15.1 Å². The third kappa shape index (κ3) is 5.04. The number of hydrogen-bond donors (Lipinski definition) is 1. The summed E-state index contributed by atoms with van der Waals surface area (Å²) in [5, 5.41) is 6.68. The van der Waals surface area contributed by atoms with E-state index < -0.39 is 5.54 Å². The Hall–Kier alpha value is -1.56. The highest BCUT2D eigenvalue weighted by atomic mass is 79.9. The van der Waals surface area contributed by atoms with Gasteiger partial charge in [0.1, 0.15) is 5.54 Å². The molecule has 0 aromatic heterocycles. The van der Waals surface area contributed by atoms with E-state index in [0.29, 0.717) is 26.1 Å². The van der Waals surface area contributed by atoms with E-state index >= 15 is 0 Å². The average Bonchev–Trinajstić information content (AvgIpc) is 2.47. The maximum absolute atomic E-state index is 12.3. The maximum atomic E-state index is 12.3. The standard InChI is InChI=1S/C14H19BrN4O2/c1-3-21-13(20)14(2,17-9-4-10-18-19-16)11-5-7-12(15)8-6-11/h5-8,17H,3-4,9-10H2,1-2H3. The van der Waals surface area contributed by atoms with Gasteiger partial charge in [0.25, 0.3) is 0 Å². The van der Waals surface area contributed by atoms with Crippen LogP contribution in [0, 0.1) is 0 Å². The van der Waals surface area contributed by atoms with Gasteiger partial charge < -0.3 is 4.74 Å². The van der Waals surface area contributed by atoms with Crippen molar-refractivity contribution >= 4 is 21.9 Å². The molecule has 0 aliphatic carbocycles. The molecular weight excluding hydrogens is 336 g/mol. The first-order valence-corrected chi connectivity index (χ1v) is 7.53. The normalized spacial score (nSPS) is 13.1. The lowest BCUT2D eigenvalue weighted by Crippen LogP contribution is -2.48. The third-order valence-corrected chi connectivity index (χ3v) is 3.61. The van der Waals surface area contributed by atoms with E-state index in [-0.39, 0.29) is 5.97 Å². The summed E-state index contributed by atoms with van der Waals surface area (Å²) in [4.78, 5) is 15.0. The van der Waals surface area contributed by atoms with E-state index in [4.69, 9.17) is 10.3 Å². The Balaban J connectivity index is 2.86. The number of nitrogens with zero attached hydrogens (tertiary/aromatic N) is 3. The lowest BCUT2D eigenvalue weighted by molar-refractivity contribution is -0.151. The number of carbonyl (C=O) groups excluding carboxylic acids is 1. The second-order valence-corrected chi connectivity index (χ2v) is 5.50. The molecule has 0 heterocycles. The highest BCUT2D eigenvalue weighted by molar-refractivity contribution is 9.10. The number of carbonyl (C=O) groups is 1. The van der Waals surface area contributed by atoms with Gasteiger partial charge in [-0.2, -0.15) is 0 Å². The van der Waals surface area contributed by atoms with Gasteiger partial charge in [-0.05, 0) is 50.0 Å². The van der Waals surface area contributed by atoms with Gasteiger partial charge in [0.15, 0.2) is 0 Å². The van der Waals surface area contributed by atoms with Crippen LogP contribution in [0.25, 0.3) is 10.4 Å². The van der Waals surface area contributed by atoms with Crippen molar-refractivity contribution in [3.05, 3.63) is 44.7 Å². The molecule has 1 aromatic carbocycles. The van der Waals surface area contributed by atoms with E-state index in [1.165, 1.54) is 0 Å². The van der Waals surface area contributed by atoms with Crippen LogP contribution in [0.1, 0.15) is 25.8 Å². The van der Waals surface area contributed by atoms with Gasteiger partial charge >= 0.3 is 5.97 Å². The van der Waals surface area contributed by atoms with Crippen LogP contribution in [0.3, 0.4) is 0 Å². The van der Waals surface area contributed by atoms with Crippen molar-refractivity contribution in [2.24, 2.45) is 5.11 Å². The summed E-state index contributed by atoms with van der Waals surface area (Å²) in [6.45, 7) is 4.84. The average molecular weight is 355 g/mol. The lowest BCUT2D eigenvalue weighted by atomic mass is 9.92. The van der Waals surface area contributed by atoms with Crippen molar-refractivity contribution in [3.8, 4) is 0 Å². The van der Waals surface area contributed by atoms with Gasteiger partial charge in [-0.3, -0.25) is 5.32 Å². The lowest BCUT2D eigenvalue weighted by Gasteiger charge is -2.29. The summed E-state index contributed by atoms with van der Waals surface area (Å²) < 4.78 is 6.12. The summed E-state index contributed by atoms with van der Waals surface area (Å²) >= 11 is 3.38. The largest absolute Gasteiger partial charge is 0.464 e. The molecule has 0 aliphatic heterocycles. The first-order valence-electron chi connectivity index (χ1n) is 6.73. The van der Waals surface area contributed by atoms with Crippen LogP contribution >= 0.6 is 15.9 Å². The SMILES string of the molecule is CCOC(=O)C(C)(NCCCN=[N+]=[N-])c1ccc(Br)cc1. The van der Waals surface area contributed by atoms with Crippen molar-refractivity contribution in [2.75, 3.05) is 19.7 Å². The molecule has 114 valence electrons. The molecule has 0 spiro atoms. The number of halogens is 1. The van der Waals surface area contributed by atoms with Crippen molar-refractivity contribution in [1.82, 2.24) is 5.32 Å². The second kappa shape index (κ2) is 8.67. The zero-order valence-corrected chi connectivity index (χ0v) is 13.8. The van der Waals surface area contributed by atoms with Crippen LogP contribution in [0.5, 0.6) is 0 Å². The molecule has 7 heteroatoms. The monoisotopic (exact) mass is 354 g/mol. The van der Waals surface area contributed by atoms with E-state index in [1.807, 2.05) is 24.3 Å². The Bertz CT molecular complexity index is 514. The van der Waals surface area contributed by atoms with E-state index in [2.05, 4.69) is 31.3 Å². The van der Waals surface area contributed by atoms with Crippen LogP contribution in [0.4, 0.5) is 0 Å². The first-order chi connectivity index (χ1) is 10.0. The van der Waals surface area contributed by atoms with Crippen molar-refractivity contribution in [1.29, 1.82) is 0 Å². The number of esters is 1. The van der Waals surface area contributed by atoms with E-state index in [1.54, 1.807) is 13.8 Å². The Morgan fingerprint density at radius 3 is 2.71 bits per heavy atom. The fraction of sp³-hybridized carbons (Fsp3) is 0.500. The molecule has 1 rings (SSSR count). The summed E-state index contributed by atoms with van der Waals surface area (Å²) in [5.41, 5.74) is 8.15.